The van der Waals surface area contributed by atoms with Crippen molar-refractivity contribution in [1.29, 1.82) is 0 Å². The molecule has 2 unspecified atom stereocenters. The minimum atomic E-state index is 0.290. The molecule has 0 saturated heterocycles. The van der Waals surface area contributed by atoms with Crippen LogP contribution in [-0.4, -0.2) is 12.1 Å². The number of aromatic nitrogens is 1. The van der Waals surface area contributed by atoms with E-state index in [9.17, 15) is 0 Å². The number of ether oxygens (including phenoxy) is 1. The molecule has 108 valence electrons. The molecule has 0 radical (unpaired) electrons. The van der Waals surface area contributed by atoms with Crippen LogP contribution in [0.1, 0.15) is 47.1 Å². The molecule has 2 atom stereocenters. The van der Waals surface area contributed by atoms with Crippen molar-refractivity contribution in [3.8, 4) is 5.75 Å². The molecule has 1 aromatic heterocycles. The SMILES string of the molecule is COc1ccc(C(C)NC(C)c2sc(C)nc2C)cc1. The number of nitrogens with one attached hydrogen (secondary N) is 1. The summed E-state index contributed by atoms with van der Waals surface area (Å²) in [4.78, 5) is 5.82. The maximum Gasteiger partial charge on any atom is 0.118 e. The largest absolute Gasteiger partial charge is 0.497 e. The van der Waals surface area contributed by atoms with Crippen LogP contribution in [-0.2, 0) is 0 Å². The van der Waals surface area contributed by atoms with E-state index in [4.69, 9.17) is 4.74 Å². The Balaban J connectivity index is 2.06. The van der Waals surface area contributed by atoms with Gasteiger partial charge in [0, 0.05) is 17.0 Å². The zero-order valence-electron chi connectivity index (χ0n) is 12.7. The van der Waals surface area contributed by atoms with Gasteiger partial charge in [-0.25, -0.2) is 4.98 Å². The molecule has 2 rings (SSSR count). The molecule has 0 saturated carbocycles. The summed E-state index contributed by atoms with van der Waals surface area (Å²) >= 11 is 1.77. The lowest BCUT2D eigenvalue weighted by molar-refractivity contribution is 0.414. The first kappa shape index (κ1) is 15.0. The lowest BCUT2D eigenvalue weighted by Gasteiger charge is -2.20. The average Bonchev–Trinajstić information content (AvgIpc) is 2.78. The summed E-state index contributed by atoms with van der Waals surface area (Å²) in [5.74, 6) is 0.892. The van der Waals surface area contributed by atoms with Crippen molar-refractivity contribution in [3.05, 3.63) is 45.4 Å². The van der Waals surface area contributed by atoms with Crippen LogP contribution in [0.15, 0.2) is 24.3 Å². The Kier molecular flexibility index (Phi) is 4.78. The highest BCUT2D eigenvalue weighted by molar-refractivity contribution is 7.11. The maximum atomic E-state index is 5.19. The average molecular weight is 290 g/mol. The van der Waals surface area contributed by atoms with E-state index >= 15 is 0 Å². The molecule has 1 heterocycles. The molecule has 0 amide bonds. The van der Waals surface area contributed by atoms with Gasteiger partial charge in [-0.3, -0.25) is 0 Å². The molecule has 3 nitrogen and oxygen atoms in total. The minimum absolute atomic E-state index is 0.290. The molecular weight excluding hydrogens is 268 g/mol. The summed E-state index contributed by atoms with van der Waals surface area (Å²) in [5, 5.41) is 4.76. The van der Waals surface area contributed by atoms with E-state index in [0.29, 0.717) is 6.04 Å². The number of rotatable bonds is 5. The van der Waals surface area contributed by atoms with E-state index in [1.807, 2.05) is 12.1 Å². The Hall–Kier alpha value is -1.39. The molecule has 0 aliphatic carbocycles. The lowest BCUT2D eigenvalue weighted by Crippen LogP contribution is -2.22. The topological polar surface area (TPSA) is 34.1 Å². The van der Waals surface area contributed by atoms with Crippen LogP contribution in [0.4, 0.5) is 0 Å². The van der Waals surface area contributed by atoms with Gasteiger partial charge in [0.05, 0.1) is 17.8 Å². The molecule has 4 heteroatoms. The van der Waals surface area contributed by atoms with Gasteiger partial charge in [-0.05, 0) is 45.4 Å². The van der Waals surface area contributed by atoms with E-state index < -0.39 is 0 Å². The van der Waals surface area contributed by atoms with Crippen LogP contribution in [0, 0.1) is 13.8 Å². The van der Waals surface area contributed by atoms with Gasteiger partial charge in [0.15, 0.2) is 0 Å². The van der Waals surface area contributed by atoms with Gasteiger partial charge in [0.25, 0.3) is 0 Å². The number of aryl methyl sites for hydroxylation is 2. The predicted octanol–water partition coefficient (Wildman–Crippen LogP) is 4.18. The number of nitrogens with zero attached hydrogens (tertiary/aromatic N) is 1. The van der Waals surface area contributed by atoms with Gasteiger partial charge in [0.1, 0.15) is 5.75 Å². The van der Waals surface area contributed by atoms with Gasteiger partial charge in [-0.1, -0.05) is 12.1 Å². The fourth-order valence-electron chi connectivity index (χ4n) is 2.39. The van der Waals surface area contributed by atoms with Crippen LogP contribution in [0.2, 0.25) is 0 Å². The molecule has 0 fully saturated rings. The Morgan fingerprint density at radius 1 is 1.10 bits per heavy atom. The summed E-state index contributed by atoms with van der Waals surface area (Å²) in [6.07, 6.45) is 0. The summed E-state index contributed by atoms with van der Waals surface area (Å²) in [5.41, 5.74) is 2.39. The summed E-state index contributed by atoms with van der Waals surface area (Å²) in [6.45, 7) is 8.51. The molecule has 0 aliphatic heterocycles. The summed E-state index contributed by atoms with van der Waals surface area (Å²) in [7, 11) is 1.69. The fourth-order valence-corrected chi connectivity index (χ4v) is 3.33. The zero-order chi connectivity index (χ0) is 14.7. The second kappa shape index (κ2) is 6.37. The Morgan fingerprint density at radius 2 is 1.75 bits per heavy atom. The van der Waals surface area contributed by atoms with Gasteiger partial charge in [-0.2, -0.15) is 0 Å². The number of benzene rings is 1. The quantitative estimate of drug-likeness (QED) is 0.897. The highest BCUT2D eigenvalue weighted by Gasteiger charge is 2.15. The second-order valence-electron chi connectivity index (χ2n) is 5.07. The molecule has 1 N–H and O–H groups in total. The van der Waals surface area contributed by atoms with Crippen molar-refractivity contribution in [2.75, 3.05) is 7.11 Å². The summed E-state index contributed by atoms with van der Waals surface area (Å²) in [6, 6.07) is 8.80. The van der Waals surface area contributed by atoms with Crippen molar-refractivity contribution in [2.45, 2.75) is 39.8 Å². The molecular formula is C16H22N2OS. The van der Waals surface area contributed by atoms with Gasteiger partial charge in [0.2, 0.25) is 0 Å². The van der Waals surface area contributed by atoms with Crippen LogP contribution in [0.25, 0.3) is 0 Å². The normalized spacial score (nSPS) is 14.1. The number of methoxy groups -OCH3 is 1. The van der Waals surface area contributed by atoms with Crippen molar-refractivity contribution < 1.29 is 4.74 Å². The Morgan fingerprint density at radius 3 is 2.25 bits per heavy atom. The van der Waals surface area contributed by atoms with Crippen molar-refractivity contribution in [1.82, 2.24) is 10.3 Å². The molecule has 2 aromatic rings. The predicted molar refractivity (Wildman–Crippen MR) is 84.5 cm³/mol. The number of thiazole rings is 1. The lowest BCUT2D eigenvalue weighted by atomic mass is 10.1. The molecule has 1 aromatic carbocycles. The second-order valence-corrected chi connectivity index (χ2v) is 6.30. The third-order valence-electron chi connectivity index (χ3n) is 3.45. The smallest absolute Gasteiger partial charge is 0.118 e. The highest BCUT2D eigenvalue weighted by atomic mass is 32.1. The maximum absolute atomic E-state index is 5.19. The number of hydrogen-bond donors (Lipinski definition) is 1. The van der Waals surface area contributed by atoms with E-state index in [-0.39, 0.29) is 6.04 Å². The van der Waals surface area contributed by atoms with Crippen molar-refractivity contribution in [3.63, 3.8) is 0 Å². The zero-order valence-corrected chi connectivity index (χ0v) is 13.5. The molecule has 0 aliphatic rings. The van der Waals surface area contributed by atoms with E-state index in [0.717, 1.165) is 16.5 Å². The standard InChI is InChI=1S/C16H22N2OS/c1-10(14-6-8-15(19-5)9-7-14)17-11(2)16-12(3)18-13(4)20-16/h6-11,17H,1-5H3. The van der Waals surface area contributed by atoms with Crippen molar-refractivity contribution in [2.24, 2.45) is 0 Å². The van der Waals surface area contributed by atoms with Gasteiger partial charge in [-0.15, -0.1) is 11.3 Å². The first-order chi connectivity index (χ1) is 9.51. The van der Waals surface area contributed by atoms with E-state index in [1.165, 1.54) is 10.4 Å². The first-order valence-electron chi connectivity index (χ1n) is 6.85. The Bertz CT molecular complexity index is 562. The monoisotopic (exact) mass is 290 g/mol. The van der Waals surface area contributed by atoms with Crippen LogP contribution in [0.3, 0.4) is 0 Å². The third-order valence-corrected chi connectivity index (χ3v) is 4.70. The fraction of sp³-hybridized carbons (Fsp3) is 0.438. The molecule has 20 heavy (non-hydrogen) atoms. The van der Waals surface area contributed by atoms with E-state index in [1.54, 1.807) is 18.4 Å². The van der Waals surface area contributed by atoms with Crippen LogP contribution < -0.4 is 10.1 Å². The first-order valence-corrected chi connectivity index (χ1v) is 7.67. The van der Waals surface area contributed by atoms with E-state index in [2.05, 4.69) is 50.1 Å². The minimum Gasteiger partial charge on any atom is -0.497 e. The highest BCUT2D eigenvalue weighted by Crippen LogP contribution is 2.27. The van der Waals surface area contributed by atoms with Gasteiger partial charge >= 0.3 is 0 Å². The third kappa shape index (κ3) is 3.38. The summed E-state index contributed by atoms with van der Waals surface area (Å²) < 4.78 is 5.19. The molecule has 0 bridgehead atoms. The van der Waals surface area contributed by atoms with Crippen LogP contribution >= 0.6 is 11.3 Å². The number of hydrogen-bond acceptors (Lipinski definition) is 4. The van der Waals surface area contributed by atoms with Crippen LogP contribution in [0.5, 0.6) is 5.75 Å². The van der Waals surface area contributed by atoms with Crippen molar-refractivity contribution >= 4 is 11.3 Å². The Labute approximate surface area is 125 Å². The molecule has 0 spiro atoms. The van der Waals surface area contributed by atoms with Gasteiger partial charge < -0.3 is 10.1 Å².